The van der Waals surface area contributed by atoms with E-state index >= 15 is 0 Å². The van der Waals surface area contributed by atoms with Crippen LogP contribution in [0.5, 0.6) is 0 Å². The van der Waals surface area contributed by atoms with Gasteiger partial charge in [0.15, 0.2) is 36.0 Å². The zero-order valence-corrected chi connectivity index (χ0v) is 75.3. The lowest BCUT2D eigenvalue weighted by Gasteiger charge is -2.23. The molecular weight excluding hydrogens is 1520 g/mol. The van der Waals surface area contributed by atoms with Crippen molar-refractivity contribution >= 4 is 88.7 Å². The molecule has 2 heterocycles. The lowest BCUT2D eigenvalue weighted by Crippen LogP contribution is -2.42. The molecule has 13 N–H and O–H groups in total. The molecule has 33 heteroatoms. The van der Waals surface area contributed by atoms with Crippen molar-refractivity contribution in [2.45, 2.75) is 333 Å². The molecule has 0 saturated carbocycles. The molecule has 2 fully saturated rings. The van der Waals surface area contributed by atoms with E-state index in [-0.39, 0.29) is 128 Å². The number of rotatable bonds is 46. The fourth-order valence-electron chi connectivity index (χ4n) is 10.5. The van der Waals surface area contributed by atoms with Crippen molar-refractivity contribution in [3.8, 4) is 0 Å². The molecule has 0 aromatic rings. The Kier molecular flexibility index (Phi) is 57.5. The number of aliphatic hydroxyl groups is 4. The average molecular weight is 1670 g/mol. The van der Waals surface area contributed by atoms with Crippen LogP contribution in [-0.4, -0.2) is 227 Å². The van der Waals surface area contributed by atoms with Crippen LogP contribution < -0.4 is 37.2 Å². The Bertz CT molecular complexity index is 2910. The molecule has 0 aromatic carbocycles. The van der Waals surface area contributed by atoms with Gasteiger partial charge in [-0.3, -0.25) is 52.7 Å². The number of epoxide rings is 2. The first kappa shape index (κ1) is 115. The molecule has 0 radical (unpaired) electrons. The van der Waals surface area contributed by atoms with Gasteiger partial charge in [-0.25, -0.2) is 14.4 Å². The van der Waals surface area contributed by atoms with Crippen LogP contribution >= 0.6 is 11.8 Å². The van der Waals surface area contributed by atoms with E-state index < -0.39 is 99.7 Å². The van der Waals surface area contributed by atoms with E-state index in [1.165, 1.54) is 14.2 Å². The molecule has 0 unspecified atom stereocenters. The monoisotopic (exact) mass is 1670 g/mol. The summed E-state index contributed by atoms with van der Waals surface area (Å²) in [5.74, 6) is -4.97. The molecule has 32 nitrogen and oxygen atoms in total. The zero-order valence-electron chi connectivity index (χ0n) is 74.5. The van der Waals surface area contributed by atoms with Gasteiger partial charge in [0.2, 0.25) is 29.5 Å². The Morgan fingerprint density at radius 2 is 0.661 bits per heavy atom. The van der Waals surface area contributed by atoms with Crippen LogP contribution in [0.15, 0.2) is 0 Å². The topological polar surface area (TPSA) is 492 Å². The first-order valence-corrected chi connectivity index (χ1v) is 40.5. The molecule has 2 aliphatic heterocycles. The second kappa shape index (κ2) is 57.6. The number of carbonyl (C=O) groups is 13. The predicted octanol–water partition coefficient (Wildman–Crippen LogP) is 7.60. The van der Waals surface area contributed by atoms with Gasteiger partial charge in [-0.15, -0.1) is 0 Å². The fraction of sp³-hybridized carbons (Fsp3) is 0.841. The zero-order chi connectivity index (χ0) is 90.3. The number of halogens is 1. The Morgan fingerprint density at radius 3 is 0.913 bits per heavy atom. The van der Waals surface area contributed by atoms with Crippen LogP contribution in [0, 0.1) is 53.3 Å². The molecule has 5 amide bonds. The molecule has 0 bridgehead atoms. The van der Waals surface area contributed by atoms with Gasteiger partial charge in [-0.1, -0.05) is 69.2 Å². The van der Waals surface area contributed by atoms with E-state index in [4.69, 9.17) is 46.3 Å². The quantitative estimate of drug-likeness (QED) is 0.0121. The van der Waals surface area contributed by atoms with Crippen LogP contribution in [-0.2, 0) is 95.5 Å². The summed E-state index contributed by atoms with van der Waals surface area (Å²) in [6.07, 6.45) is 1.81. The third-order valence-corrected chi connectivity index (χ3v) is 16.4. The number of methoxy groups -OCH3 is 2. The maximum atomic E-state index is 12.4. The largest absolute Gasteiger partial charge is 0.479 e. The van der Waals surface area contributed by atoms with Crippen molar-refractivity contribution in [2.75, 3.05) is 60.1 Å². The maximum Gasteiger partial charge on any atom is 0.338 e. The normalized spacial score (nSPS) is 16.4. The average Bonchev–Trinajstić information content (AvgIpc) is 1.66. The lowest BCUT2D eigenvalue weighted by molar-refractivity contribution is -0.158. The molecule has 0 aliphatic carbocycles. The smallest absolute Gasteiger partial charge is 0.338 e. The minimum Gasteiger partial charge on any atom is -0.479 e. The Balaban J connectivity index is -0.000000658. The van der Waals surface area contributed by atoms with Crippen LogP contribution in [0.25, 0.3) is 0 Å². The molecule has 0 aromatic heterocycles. The number of esters is 5. The summed E-state index contributed by atoms with van der Waals surface area (Å²) in [5, 5.41) is 60.9. The molecule has 2 saturated heterocycles. The van der Waals surface area contributed by atoms with E-state index in [0.717, 1.165) is 0 Å². The molecule has 2 aliphatic rings. The van der Waals surface area contributed by atoms with Crippen molar-refractivity contribution in [3.63, 3.8) is 0 Å². The number of ketones is 2. The molecule has 0 spiro atoms. The molecule has 9 atom stereocenters. The van der Waals surface area contributed by atoms with Gasteiger partial charge in [0, 0.05) is 75.8 Å². The molecule has 672 valence electrons. The number of carboxylic acid groups (broad SMARTS) is 1. The highest BCUT2D eigenvalue weighted by Crippen LogP contribution is 2.30. The van der Waals surface area contributed by atoms with Gasteiger partial charge in [-0.05, 0) is 203 Å². The minimum absolute atomic E-state index is 0.0268. The van der Waals surface area contributed by atoms with Gasteiger partial charge in [0.1, 0.15) is 11.2 Å². The molecular formula is C82H152ClN7O25. The Morgan fingerprint density at radius 1 is 0.391 bits per heavy atom. The summed E-state index contributed by atoms with van der Waals surface area (Å²) in [6.45, 7) is 48.4. The number of hydrogen-bond acceptors (Lipinski definition) is 26. The van der Waals surface area contributed by atoms with Gasteiger partial charge >= 0.3 is 35.8 Å². The highest BCUT2D eigenvalue weighted by atomic mass is 35.5. The highest BCUT2D eigenvalue weighted by Gasteiger charge is 2.52. The number of nitrogens with one attached hydrogen (secondary N) is 6. The van der Waals surface area contributed by atoms with Crippen molar-refractivity contribution < 1.29 is 121 Å². The summed E-state index contributed by atoms with van der Waals surface area (Å²) < 4.78 is 34.2. The summed E-state index contributed by atoms with van der Waals surface area (Å²) in [4.78, 5) is 155. The van der Waals surface area contributed by atoms with Gasteiger partial charge in [-0.2, -0.15) is 0 Å². The lowest BCUT2D eigenvalue weighted by atomic mass is 9.90. The number of hydrogen-bond donors (Lipinski definition) is 12. The number of ether oxygens (including phenoxy) is 7. The van der Waals surface area contributed by atoms with Crippen LogP contribution in [0.4, 0.5) is 0 Å². The van der Waals surface area contributed by atoms with E-state index in [1.807, 2.05) is 90.0 Å². The van der Waals surface area contributed by atoms with Gasteiger partial charge < -0.3 is 91.0 Å². The fourth-order valence-corrected chi connectivity index (χ4v) is 10.6. The predicted molar refractivity (Wildman–Crippen MR) is 437 cm³/mol. The van der Waals surface area contributed by atoms with E-state index in [9.17, 15) is 82.8 Å². The maximum absolute atomic E-state index is 12.4. The second-order valence-electron chi connectivity index (χ2n) is 35.7. The van der Waals surface area contributed by atoms with Crippen molar-refractivity contribution in [2.24, 2.45) is 59.0 Å². The standard InChI is InChI=1S/C18H31NO6.C17H33NO4.C16H27NO6.C16H29NO5.C11H24N2O2.C4H8ClNO2/c1-6-24-17(22)15-14(25-15)13(20)10-12(9-11(2)3)16(21)19-8-7-18(4,5)23;1-12(2)10-13(11-14(19)22-16(3,4)5)15(20)18-9-8-17(6,7)21;1-9(2)7-10(14(19)17-6-5-16(3,4)22)8-11(18)12-13(23-12)15(20)21;1-11(2)9-12(10-14(19)22-16(3,4)5)15(20)17-8-7-13(18)21-6;1-8(2)7-9(12)10(14)13-6-5-11(3,4)15;1-8-4(7)2-3-6-5/h11-12,14-15,23H,6-10H2,1-5H3,(H,19,21);12-13,21H,8-11H2,1-7H3,(H,18,20);9-10,12-13,22H,5-8H2,1-4H3,(H,17,19)(H,20,21);11-12H,7-10H2,1-6H3,(H,17,20);8-9,15H,5-7,12H2,1-4H3,(H,13,14);6H,2-3H2,1H3/t12-,14-,15+;13-;10-,12-,13+;12-;9-;/m11110./s1. The van der Waals surface area contributed by atoms with E-state index in [0.29, 0.717) is 109 Å². The molecule has 2 rings (SSSR count). The first-order chi connectivity index (χ1) is 52.4. The number of carboxylic acids is 1. The Labute approximate surface area is 690 Å². The summed E-state index contributed by atoms with van der Waals surface area (Å²) in [5.41, 5.74) is 1.30. The summed E-state index contributed by atoms with van der Waals surface area (Å²) in [6, 6.07) is -0.438. The third-order valence-electron chi connectivity index (χ3n) is 16.2. The van der Waals surface area contributed by atoms with Crippen LogP contribution in [0.3, 0.4) is 0 Å². The van der Waals surface area contributed by atoms with E-state index in [2.05, 4.69) is 40.9 Å². The summed E-state index contributed by atoms with van der Waals surface area (Å²) >= 11 is 5.04. The highest BCUT2D eigenvalue weighted by molar-refractivity contribution is 6.13. The number of amides is 5. The first-order valence-electron chi connectivity index (χ1n) is 40.1. The van der Waals surface area contributed by atoms with Crippen LogP contribution in [0.1, 0.15) is 269 Å². The second-order valence-corrected chi connectivity index (χ2v) is 36.0. The number of carbonyl (C=O) groups excluding carboxylic acids is 12. The number of Topliss-reactive ketones (excluding diaryl/α,β-unsaturated/α-hetero) is 2. The van der Waals surface area contributed by atoms with Crippen LogP contribution in [0.2, 0.25) is 0 Å². The SMILES string of the molecule is CC(C)C[C@H](CC(=O)OC(C)(C)C)C(=O)NCCC(C)(C)O.CC(C)C[C@H](CC(=O)[C@H]1O[C@@H]1C(=O)O)C(=O)NCCC(C)(C)O.CC(C)C[C@H](N)C(=O)NCCC(C)(C)O.CCOC(=O)[C@H]1O[C@@H]1C(=O)C[C@@H](CC(C)C)C(=O)NCCC(C)(C)O.COC(=O)CCNC(=O)[C@@H](CC(=O)OC(C)(C)C)CC(C)C.COC(=O)CCNCl. The minimum atomic E-state index is -1.15. The number of nitrogens with two attached hydrogens (primary N) is 1. The van der Waals surface area contributed by atoms with Gasteiger partial charge in [0.25, 0.3) is 0 Å². The van der Waals surface area contributed by atoms with Crippen molar-refractivity contribution in [1.29, 1.82) is 0 Å². The van der Waals surface area contributed by atoms with Crippen molar-refractivity contribution in [3.05, 3.63) is 0 Å². The van der Waals surface area contributed by atoms with Gasteiger partial charge in [0.05, 0.1) is 75.0 Å². The summed E-state index contributed by atoms with van der Waals surface area (Å²) in [7, 11) is 2.64. The molecule has 115 heavy (non-hydrogen) atoms. The van der Waals surface area contributed by atoms with E-state index in [1.54, 1.807) is 83.1 Å². The Hall–Kier alpha value is -6.52. The van der Waals surface area contributed by atoms with Crippen molar-refractivity contribution in [1.82, 2.24) is 31.4 Å². The third kappa shape index (κ3) is 68.1. The number of aliphatic carboxylic acids is 1.